The maximum Gasteiger partial charge on any atom is 0.244 e. The molecule has 104 valence electrons. The van der Waals surface area contributed by atoms with Crippen LogP contribution in [0, 0.1) is 11.6 Å². The Kier molecular flexibility index (Phi) is 4.17. The third kappa shape index (κ3) is 3.10. The first kappa shape index (κ1) is 14.4. The lowest BCUT2D eigenvalue weighted by Crippen LogP contribution is -2.54. The van der Waals surface area contributed by atoms with E-state index >= 15 is 0 Å². The molecule has 1 fully saturated rings. The van der Waals surface area contributed by atoms with Gasteiger partial charge in [0.2, 0.25) is 5.91 Å². The molecule has 4 nitrogen and oxygen atoms in total. The molecule has 3 N–H and O–H groups in total. The highest BCUT2D eigenvalue weighted by molar-refractivity contribution is 9.10. The van der Waals surface area contributed by atoms with E-state index in [0.29, 0.717) is 26.1 Å². The van der Waals surface area contributed by atoms with Crippen molar-refractivity contribution >= 4 is 27.5 Å². The number of nitrogens with two attached hydrogens (primary N) is 1. The fraction of sp³-hybridized carbons (Fsp3) is 0.417. The van der Waals surface area contributed by atoms with E-state index in [9.17, 15) is 13.6 Å². The van der Waals surface area contributed by atoms with Crippen molar-refractivity contribution in [3.8, 4) is 0 Å². The summed E-state index contributed by atoms with van der Waals surface area (Å²) in [5, 5.41) is 2.23. The van der Waals surface area contributed by atoms with Crippen molar-refractivity contribution in [3.63, 3.8) is 0 Å². The third-order valence-electron chi connectivity index (χ3n) is 3.08. The highest BCUT2D eigenvalue weighted by atomic mass is 79.9. The molecule has 0 aliphatic carbocycles. The Morgan fingerprint density at radius 3 is 2.37 bits per heavy atom. The molecule has 0 radical (unpaired) electrons. The van der Waals surface area contributed by atoms with E-state index in [1.165, 1.54) is 0 Å². The summed E-state index contributed by atoms with van der Waals surface area (Å²) >= 11 is 2.97. The Hall–Kier alpha value is -1.05. The summed E-state index contributed by atoms with van der Waals surface area (Å²) in [7, 11) is 0. The van der Waals surface area contributed by atoms with Gasteiger partial charge in [-0.25, -0.2) is 8.78 Å². The minimum atomic E-state index is -1.15. The number of anilines is 1. The lowest BCUT2D eigenvalue weighted by molar-refractivity contribution is -0.124. The molecular weight excluding hydrogens is 322 g/mol. The highest BCUT2D eigenvalue weighted by Crippen LogP contribution is 2.26. The molecule has 19 heavy (non-hydrogen) atoms. The number of hydrogen-bond donors (Lipinski definition) is 2. The molecule has 0 spiro atoms. The zero-order valence-electron chi connectivity index (χ0n) is 10.0. The number of carbonyl (C=O) groups excluding carboxylic acids is 1. The summed E-state index contributed by atoms with van der Waals surface area (Å²) in [6.45, 7) is 0.713. The van der Waals surface area contributed by atoms with E-state index in [2.05, 4.69) is 21.2 Å². The summed E-state index contributed by atoms with van der Waals surface area (Å²) in [5.41, 5.74) is 4.30. The summed E-state index contributed by atoms with van der Waals surface area (Å²) in [4.78, 5) is 12.0. The van der Waals surface area contributed by atoms with Crippen LogP contribution in [0.15, 0.2) is 16.6 Å². The Morgan fingerprint density at radius 2 is 1.84 bits per heavy atom. The maximum atomic E-state index is 13.6. The molecule has 1 heterocycles. The van der Waals surface area contributed by atoms with Gasteiger partial charge in [0.05, 0.1) is 0 Å². The van der Waals surface area contributed by atoms with E-state index in [1.807, 2.05) is 0 Å². The van der Waals surface area contributed by atoms with Crippen LogP contribution in [-0.4, -0.2) is 24.7 Å². The summed E-state index contributed by atoms with van der Waals surface area (Å²) in [6, 6.07) is 2.15. The van der Waals surface area contributed by atoms with Crippen LogP contribution in [0.1, 0.15) is 12.8 Å². The first-order valence-corrected chi connectivity index (χ1v) is 6.54. The molecule has 0 unspecified atom stereocenters. The Morgan fingerprint density at radius 1 is 1.32 bits per heavy atom. The molecule has 0 bridgehead atoms. The second kappa shape index (κ2) is 5.52. The van der Waals surface area contributed by atoms with E-state index in [0.717, 1.165) is 12.1 Å². The van der Waals surface area contributed by atoms with Gasteiger partial charge in [0.15, 0.2) is 11.6 Å². The molecule has 1 aromatic carbocycles. The van der Waals surface area contributed by atoms with Crippen molar-refractivity contribution < 1.29 is 18.3 Å². The average molecular weight is 335 g/mol. The SMILES string of the molecule is NC1(C(=O)Nc2c(F)cc(Br)cc2F)CCOCC1. The average Bonchev–Trinajstić information content (AvgIpc) is 2.34. The van der Waals surface area contributed by atoms with E-state index in [4.69, 9.17) is 10.5 Å². The van der Waals surface area contributed by atoms with Crippen LogP contribution in [-0.2, 0) is 9.53 Å². The fourth-order valence-corrected chi connectivity index (χ4v) is 2.26. The van der Waals surface area contributed by atoms with E-state index < -0.39 is 28.8 Å². The smallest absolute Gasteiger partial charge is 0.244 e. The molecular formula is C12H13BrF2N2O2. The van der Waals surface area contributed by atoms with Gasteiger partial charge in [-0.3, -0.25) is 4.79 Å². The van der Waals surface area contributed by atoms with Crippen molar-refractivity contribution in [3.05, 3.63) is 28.2 Å². The predicted octanol–water partition coefficient (Wildman–Crippen LogP) is 2.17. The van der Waals surface area contributed by atoms with Crippen molar-refractivity contribution in [2.24, 2.45) is 5.73 Å². The van der Waals surface area contributed by atoms with Crippen LogP contribution in [0.2, 0.25) is 0 Å². The number of nitrogens with one attached hydrogen (secondary N) is 1. The summed E-state index contributed by atoms with van der Waals surface area (Å²) in [6.07, 6.45) is 0.636. The second-order valence-electron chi connectivity index (χ2n) is 4.47. The van der Waals surface area contributed by atoms with Crippen LogP contribution in [0.25, 0.3) is 0 Å². The quantitative estimate of drug-likeness (QED) is 0.871. The van der Waals surface area contributed by atoms with Gasteiger partial charge in [-0.1, -0.05) is 15.9 Å². The first-order chi connectivity index (χ1) is 8.92. The second-order valence-corrected chi connectivity index (χ2v) is 5.38. The van der Waals surface area contributed by atoms with Gasteiger partial charge in [-0.15, -0.1) is 0 Å². The molecule has 1 aliphatic heterocycles. The number of hydrogen-bond acceptors (Lipinski definition) is 3. The van der Waals surface area contributed by atoms with Gasteiger partial charge >= 0.3 is 0 Å². The van der Waals surface area contributed by atoms with Gasteiger partial charge in [-0.05, 0) is 25.0 Å². The van der Waals surface area contributed by atoms with Crippen LogP contribution >= 0.6 is 15.9 Å². The van der Waals surface area contributed by atoms with Gasteiger partial charge in [-0.2, -0.15) is 0 Å². The van der Waals surface area contributed by atoms with E-state index in [-0.39, 0.29) is 4.47 Å². The number of ether oxygens (including phenoxy) is 1. The lowest BCUT2D eigenvalue weighted by atomic mass is 9.90. The van der Waals surface area contributed by atoms with Crippen LogP contribution in [0.3, 0.4) is 0 Å². The molecule has 7 heteroatoms. The third-order valence-corrected chi connectivity index (χ3v) is 3.54. The van der Waals surface area contributed by atoms with Crippen LogP contribution in [0.4, 0.5) is 14.5 Å². The van der Waals surface area contributed by atoms with Crippen molar-refractivity contribution in [1.29, 1.82) is 0 Å². The minimum Gasteiger partial charge on any atom is -0.381 e. The Labute approximate surface area is 117 Å². The molecule has 1 aliphatic rings. The number of rotatable bonds is 2. The number of carbonyl (C=O) groups is 1. The number of benzene rings is 1. The molecule has 0 atom stereocenters. The fourth-order valence-electron chi connectivity index (χ4n) is 1.86. The van der Waals surface area contributed by atoms with Crippen molar-refractivity contribution in [2.75, 3.05) is 18.5 Å². The molecule has 2 rings (SSSR count). The number of halogens is 3. The van der Waals surface area contributed by atoms with Gasteiger partial charge in [0.25, 0.3) is 0 Å². The largest absolute Gasteiger partial charge is 0.381 e. The lowest BCUT2D eigenvalue weighted by Gasteiger charge is -2.31. The molecule has 1 amide bonds. The Bertz CT molecular complexity index is 481. The zero-order valence-corrected chi connectivity index (χ0v) is 11.6. The normalized spacial score (nSPS) is 18.1. The molecule has 0 aromatic heterocycles. The highest BCUT2D eigenvalue weighted by Gasteiger charge is 2.36. The minimum absolute atomic E-state index is 0.258. The van der Waals surface area contributed by atoms with E-state index in [1.54, 1.807) is 0 Å². The predicted molar refractivity (Wildman–Crippen MR) is 69.7 cm³/mol. The topological polar surface area (TPSA) is 64.4 Å². The maximum absolute atomic E-state index is 13.6. The summed E-state index contributed by atoms with van der Waals surface area (Å²) in [5.74, 6) is -2.30. The standard InChI is InChI=1S/C12H13BrF2N2O2/c13-7-5-8(14)10(9(15)6-7)17-11(18)12(16)1-3-19-4-2-12/h5-6H,1-4,16H2,(H,17,18). The summed E-state index contributed by atoms with van der Waals surface area (Å²) < 4.78 is 32.6. The van der Waals surface area contributed by atoms with Gasteiger partial charge < -0.3 is 15.8 Å². The Balaban J connectivity index is 2.19. The van der Waals surface area contributed by atoms with Crippen molar-refractivity contribution in [1.82, 2.24) is 0 Å². The monoisotopic (exact) mass is 334 g/mol. The van der Waals surface area contributed by atoms with Gasteiger partial charge in [0, 0.05) is 17.7 Å². The van der Waals surface area contributed by atoms with Crippen molar-refractivity contribution in [2.45, 2.75) is 18.4 Å². The van der Waals surface area contributed by atoms with Crippen LogP contribution < -0.4 is 11.1 Å². The number of amides is 1. The zero-order chi connectivity index (χ0) is 14.0. The molecule has 1 saturated heterocycles. The van der Waals surface area contributed by atoms with Gasteiger partial charge in [0.1, 0.15) is 11.2 Å². The molecule has 0 saturated carbocycles. The molecule has 1 aromatic rings. The van der Waals surface area contributed by atoms with Crippen LogP contribution in [0.5, 0.6) is 0 Å². The first-order valence-electron chi connectivity index (χ1n) is 5.75.